The van der Waals surface area contributed by atoms with Crippen molar-refractivity contribution in [1.29, 1.82) is 0 Å². The van der Waals surface area contributed by atoms with Crippen LogP contribution >= 0.6 is 23.2 Å². The maximum Gasteiger partial charge on any atom is 0.333 e. The quantitative estimate of drug-likeness (QED) is 0.784. The van der Waals surface area contributed by atoms with Crippen molar-refractivity contribution in [3.05, 3.63) is 81.4 Å². The van der Waals surface area contributed by atoms with E-state index in [2.05, 4.69) is 0 Å². The van der Waals surface area contributed by atoms with E-state index >= 15 is 0 Å². The van der Waals surface area contributed by atoms with Crippen LogP contribution in [0.15, 0.2) is 60.2 Å². The molecule has 0 unspecified atom stereocenters. The second kappa shape index (κ2) is 7.64. The number of benzene rings is 2. The van der Waals surface area contributed by atoms with Crippen LogP contribution in [0.1, 0.15) is 29.6 Å². The van der Waals surface area contributed by atoms with Gasteiger partial charge >= 0.3 is 5.97 Å². The molecule has 0 saturated heterocycles. The van der Waals surface area contributed by atoms with Crippen molar-refractivity contribution in [2.75, 3.05) is 6.26 Å². The number of rotatable bonds is 4. The molecule has 2 aromatic carbocycles. The zero-order valence-electron chi connectivity index (χ0n) is 14.3. The summed E-state index contributed by atoms with van der Waals surface area (Å²) in [4.78, 5) is 11.8. The Hall–Kier alpha value is -1.86. The van der Waals surface area contributed by atoms with E-state index in [1.54, 1.807) is 54.6 Å². The molecule has 1 aliphatic rings. The van der Waals surface area contributed by atoms with Crippen LogP contribution in [0, 0.1) is 0 Å². The normalized spacial score (nSPS) is 20.9. The minimum Gasteiger partial charge on any atom is -0.478 e. The number of hydrogen-bond donors (Lipinski definition) is 1. The number of carbonyl (C=O) groups is 1. The summed E-state index contributed by atoms with van der Waals surface area (Å²) in [5, 5.41) is 10.7. The lowest BCUT2D eigenvalue weighted by molar-refractivity contribution is -0.133. The van der Waals surface area contributed by atoms with E-state index in [0.29, 0.717) is 15.6 Å². The predicted octanol–water partition coefficient (Wildman–Crippen LogP) is 4.45. The van der Waals surface area contributed by atoms with Gasteiger partial charge in [0.1, 0.15) is 0 Å². The highest BCUT2D eigenvalue weighted by atomic mass is 35.5. The Labute approximate surface area is 167 Å². The molecule has 0 bridgehead atoms. The molecule has 0 amide bonds. The number of nitrogens with zero attached hydrogens (tertiary/aromatic N) is 1. The number of carboxylic acid groups (broad SMARTS) is 1. The molecule has 27 heavy (non-hydrogen) atoms. The third-order valence-corrected chi connectivity index (χ3v) is 6.22. The van der Waals surface area contributed by atoms with Crippen molar-refractivity contribution in [3.63, 3.8) is 0 Å². The molecule has 0 radical (unpaired) electrons. The van der Waals surface area contributed by atoms with Crippen molar-refractivity contribution in [2.24, 2.45) is 0 Å². The van der Waals surface area contributed by atoms with Crippen LogP contribution in [-0.4, -0.2) is 30.1 Å². The van der Waals surface area contributed by atoms with Gasteiger partial charge in [-0.15, -0.1) is 0 Å². The van der Waals surface area contributed by atoms with Crippen LogP contribution < -0.4 is 0 Å². The Morgan fingerprint density at radius 2 is 1.48 bits per heavy atom. The van der Waals surface area contributed by atoms with Gasteiger partial charge in [0.25, 0.3) is 0 Å². The number of halogens is 2. The largest absolute Gasteiger partial charge is 0.478 e. The monoisotopic (exact) mass is 425 g/mol. The van der Waals surface area contributed by atoms with Crippen LogP contribution in [0.5, 0.6) is 0 Å². The molecule has 2 aromatic rings. The molecule has 0 fully saturated rings. The van der Waals surface area contributed by atoms with E-state index in [0.717, 1.165) is 11.8 Å². The van der Waals surface area contributed by atoms with Crippen molar-refractivity contribution in [3.8, 4) is 0 Å². The topological polar surface area (TPSA) is 74.7 Å². The van der Waals surface area contributed by atoms with Crippen molar-refractivity contribution in [2.45, 2.75) is 18.5 Å². The molecule has 1 aliphatic heterocycles. The average Bonchev–Trinajstić information content (AvgIpc) is 2.61. The lowest BCUT2D eigenvalue weighted by Crippen LogP contribution is -2.41. The van der Waals surface area contributed by atoms with Crippen molar-refractivity contribution < 1.29 is 18.3 Å². The van der Waals surface area contributed by atoms with Crippen molar-refractivity contribution >= 4 is 39.2 Å². The molecule has 1 heterocycles. The molecule has 142 valence electrons. The summed E-state index contributed by atoms with van der Waals surface area (Å²) >= 11 is 11.9. The molecule has 0 aromatic heterocycles. The highest BCUT2D eigenvalue weighted by molar-refractivity contribution is 7.88. The van der Waals surface area contributed by atoms with E-state index in [1.165, 1.54) is 4.31 Å². The highest BCUT2D eigenvalue weighted by Gasteiger charge is 2.42. The van der Waals surface area contributed by atoms with Crippen LogP contribution in [0.4, 0.5) is 0 Å². The minimum atomic E-state index is -3.74. The zero-order valence-corrected chi connectivity index (χ0v) is 16.7. The first-order valence-electron chi connectivity index (χ1n) is 8.11. The number of aliphatic carboxylic acids is 1. The van der Waals surface area contributed by atoms with E-state index in [9.17, 15) is 18.3 Å². The first-order valence-corrected chi connectivity index (χ1v) is 10.7. The Bertz CT molecular complexity index is 985. The molecule has 3 rings (SSSR count). The Balaban J connectivity index is 2.19. The summed E-state index contributed by atoms with van der Waals surface area (Å²) in [7, 11) is -3.74. The summed E-state index contributed by atoms with van der Waals surface area (Å²) in [6.45, 7) is 0. The maximum atomic E-state index is 12.7. The summed E-state index contributed by atoms with van der Waals surface area (Å²) in [5.41, 5.74) is 1.30. The fraction of sp³-hybridized carbons (Fsp3) is 0.211. The molecular formula is C19H17Cl2NO4S. The number of hydrogen-bond acceptors (Lipinski definition) is 3. The second-order valence-corrected chi connectivity index (χ2v) is 9.08. The molecule has 1 N–H and O–H groups in total. The van der Waals surface area contributed by atoms with Gasteiger partial charge in [0.15, 0.2) is 0 Å². The predicted molar refractivity (Wildman–Crippen MR) is 105 cm³/mol. The van der Waals surface area contributed by atoms with E-state index in [1.807, 2.05) is 0 Å². The summed E-state index contributed by atoms with van der Waals surface area (Å²) < 4.78 is 26.7. The zero-order chi connectivity index (χ0) is 19.8. The molecule has 0 saturated carbocycles. The molecular weight excluding hydrogens is 409 g/mol. The second-order valence-electron chi connectivity index (χ2n) is 6.31. The lowest BCUT2D eigenvalue weighted by Gasteiger charge is -2.40. The summed E-state index contributed by atoms with van der Waals surface area (Å²) in [5.74, 6) is -1.15. The number of sulfonamides is 1. The molecule has 2 atom stereocenters. The van der Waals surface area contributed by atoms with E-state index < -0.39 is 28.1 Å². The smallest absolute Gasteiger partial charge is 0.333 e. The van der Waals surface area contributed by atoms with Crippen molar-refractivity contribution in [1.82, 2.24) is 4.31 Å². The minimum absolute atomic E-state index is 0.0213. The first-order chi connectivity index (χ1) is 12.7. The Morgan fingerprint density at radius 1 is 1.00 bits per heavy atom. The lowest BCUT2D eigenvalue weighted by atomic mass is 9.89. The van der Waals surface area contributed by atoms with Gasteiger partial charge in [-0.05, 0) is 41.8 Å². The number of carboxylic acids is 1. The van der Waals surface area contributed by atoms with Crippen LogP contribution in [-0.2, 0) is 14.8 Å². The molecule has 0 aliphatic carbocycles. The Morgan fingerprint density at radius 3 is 1.93 bits per heavy atom. The van der Waals surface area contributed by atoms with Gasteiger partial charge in [-0.1, -0.05) is 53.5 Å². The first kappa shape index (κ1) is 19.9. The average molecular weight is 426 g/mol. The van der Waals surface area contributed by atoms with Crippen LogP contribution in [0.3, 0.4) is 0 Å². The Kier molecular flexibility index (Phi) is 5.63. The highest BCUT2D eigenvalue weighted by Crippen LogP contribution is 2.44. The molecule has 8 heteroatoms. The fourth-order valence-corrected chi connectivity index (χ4v) is 4.88. The van der Waals surface area contributed by atoms with Gasteiger partial charge in [-0.2, -0.15) is 4.31 Å². The summed E-state index contributed by atoms with van der Waals surface area (Å²) in [6.07, 6.45) is 2.92. The van der Waals surface area contributed by atoms with Gasteiger partial charge in [-0.3, -0.25) is 0 Å². The van der Waals surface area contributed by atoms with Gasteiger partial charge in [0.05, 0.1) is 23.9 Å². The fourth-order valence-electron chi connectivity index (χ4n) is 3.34. The SMILES string of the molecule is CS(=O)(=O)N1[C@@H](c2ccc(Cl)cc2)C(C(=O)O)=CC[C@H]1c1ccc(Cl)cc1. The van der Waals surface area contributed by atoms with E-state index in [-0.39, 0.29) is 12.0 Å². The third-order valence-electron chi connectivity index (χ3n) is 4.49. The maximum absolute atomic E-state index is 12.7. The van der Waals surface area contributed by atoms with Crippen LogP contribution in [0.2, 0.25) is 10.0 Å². The van der Waals surface area contributed by atoms with Gasteiger partial charge in [-0.25, -0.2) is 13.2 Å². The van der Waals surface area contributed by atoms with Gasteiger partial charge < -0.3 is 5.11 Å². The summed E-state index contributed by atoms with van der Waals surface area (Å²) in [6, 6.07) is 11.9. The van der Waals surface area contributed by atoms with Gasteiger partial charge in [0, 0.05) is 10.0 Å². The van der Waals surface area contributed by atoms with E-state index in [4.69, 9.17) is 23.2 Å². The molecule has 0 spiro atoms. The molecule has 5 nitrogen and oxygen atoms in total. The standard InChI is InChI=1S/C19H17Cl2NO4S/c1-27(25,26)22-17(12-2-6-14(20)7-3-12)11-10-16(19(23)24)18(22)13-4-8-15(21)9-5-13/h2-10,17-18H,11H2,1H3,(H,23,24)/t17-,18-/m0/s1. The van der Waals surface area contributed by atoms with Gasteiger partial charge in [0.2, 0.25) is 10.0 Å². The third kappa shape index (κ3) is 4.19. The van der Waals surface area contributed by atoms with Crippen LogP contribution in [0.25, 0.3) is 0 Å².